The summed E-state index contributed by atoms with van der Waals surface area (Å²) in [5, 5.41) is 0. The molecule has 0 bridgehead atoms. The Morgan fingerprint density at radius 2 is 1.86 bits per heavy atom. The Morgan fingerprint density at radius 1 is 1.19 bits per heavy atom. The summed E-state index contributed by atoms with van der Waals surface area (Å²) in [6.45, 7) is 1.74. The van der Waals surface area contributed by atoms with Crippen molar-refractivity contribution in [1.82, 2.24) is 0 Å². The van der Waals surface area contributed by atoms with Crippen molar-refractivity contribution in [3.05, 3.63) is 30.3 Å². The van der Waals surface area contributed by atoms with Crippen LogP contribution in [0.25, 0.3) is 0 Å². The molecule has 0 radical (unpaired) electrons. The minimum atomic E-state index is -1.23. The molecule has 0 saturated heterocycles. The van der Waals surface area contributed by atoms with E-state index in [1.807, 2.05) is 0 Å². The summed E-state index contributed by atoms with van der Waals surface area (Å²) in [6, 6.07) is 8.23. The molecule has 0 saturated carbocycles. The van der Waals surface area contributed by atoms with E-state index in [1.165, 1.54) is 0 Å². The third-order valence-electron chi connectivity index (χ3n) is 2.39. The van der Waals surface area contributed by atoms with Gasteiger partial charge in [0.1, 0.15) is 5.75 Å². The molecule has 1 amide bonds. The van der Waals surface area contributed by atoms with Crippen LogP contribution in [0, 0.1) is 0 Å². The van der Waals surface area contributed by atoms with Gasteiger partial charge in [0.05, 0.1) is 6.61 Å². The lowest BCUT2D eigenvalue weighted by Gasteiger charge is -2.15. The third-order valence-corrected chi connectivity index (χ3v) is 2.39. The molecular formula is C14H17NO6. The number of carbonyl (C=O) groups excluding carboxylic acids is 3. The predicted molar refractivity (Wildman–Crippen MR) is 72.4 cm³/mol. The summed E-state index contributed by atoms with van der Waals surface area (Å²) in [6.07, 6.45) is -2.45. The van der Waals surface area contributed by atoms with Crippen molar-refractivity contribution in [3.8, 4) is 5.75 Å². The lowest BCUT2D eigenvalue weighted by Crippen LogP contribution is -2.31. The zero-order valence-electron chi connectivity index (χ0n) is 11.6. The molecule has 1 rings (SSSR count). The maximum absolute atomic E-state index is 11.6. The number of rotatable bonds is 7. The van der Waals surface area contributed by atoms with E-state index in [1.54, 1.807) is 37.3 Å². The second kappa shape index (κ2) is 8.57. The number of carbonyl (C=O) groups is 3. The maximum Gasteiger partial charge on any atom is 0.514 e. The minimum Gasteiger partial charge on any atom is -0.463 e. The lowest BCUT2D eigenvalue weighted by atomic mass is 10.2. The van der Waals surface area contributed by atoms with E-state index >= 15 is 0 Å². The molecule has 7 nitrogen and oxygen atoms in total. The summed E-state index contributed by atoms with van der Waals surface area (Å²) < 4.78 is 14.5. The first-order chi connectivity index (χ1) is 10.0. The topological polar surface area (TPSA) is 105 Å². The number of para-hydroxylation sites is 1. The largest absolute Gasteiger partial charge is 0.514 e. The molecule has 0 heterocycles. The lowest BCUT2D eigenvalue weighted by molar-refractivity contribution is -0.154. The second-order valence-corrected chi connectivity index (χ2v) is 4.03. The minimum absolute atomic E-state index is 0.0575. The van der Waals surface area contributed by atoms with Crippen molar-refractivity contribution in [2.75, 3.05) is 6.61 Å². The van der Waals surface area contributed by atoms with Crippen molar-refractivity contribution in [3.63, 3.8) is 0 Å². The van der Waals surface area contributed by atoms with Gasteiger partial charge in [0, 0.05) is 12.8 Å². The Balaban J connectivity index is 2.59. The number of hydrogen-bond acceptors (Lipinski definition) is 6. The molecule has 7 heteroatoms. The van der Waals surface area contributed by atoms with Crippen LogP contribution in [-0.2, 0) is 19.1 Å². The molecule has 0 fully saturated rings. The summed E-state index contributed by atoms with van der Waals surface area (Å²) in [5.41, 5.74) is 5.01. The molecule has 2 N–H and O–H groups in total. The molecule has 0 spiro atoms. The number of amides is 1. The first kappa shape index (κ1) is 16.5. The van der Waals surface area contributed by atoms with Gasteiger partial charge in [0.15, 0.2) is 0 Å². The quantitative estimate of drug-likeness (QED) is 0.602. The first-order valence-electron chi connectivity index (χ1n) is 6.41. The van der Waals surface area contributed by atoms with E-state index < -0.39 is 24.1 Å². The van der Waals surface area contributed by atoms with Crippen molar-refractivity contribution in [1.29, 1.82) is 0 Å². The number of esters is 1. The normalized spacial score (nSPS) is 11.3. The highest BCUT2D eigenvalue weighted by atomic mass is 16.7. The van der Waals surface area contributed by atoms with Gasteiger partial charge in [-0.2, -0.15) is 0 Å². The van der Waals surface area contributed by atoms with Gasteiger partial charge in [-0.25, -0.2) is 9.59 Å². The van der Waals surface area contributed by atoms with Gasteiger partial charge >= 0.3 is 12.1 Å². The Bertz CT molecular complexity index is 487. The molecule has 114 valence electrons. The summed E-state index contributed by atoms with van der Waals surface area (Å²) in [5.74, 6) is -1.08. The van der Waals surface area contributed by atoms with Crippen LogP contribution in [0.1, 0.15) is 19.8 Å². The zero-order chi connectivity index (χ0) is 15.7. The fourth-order valence-electron chi connectivity index (χ4n) is 1.46. The number of nitrogens with two attached hydrogens (primary N) is 1. The smallest absolute Gasteiger partial charge is 0.463 e. The van der Waals surface area contributed by atoms with Gasteiger partial charge in [-0.1, -0.05) is 18.2 Å². The highest BCUT2D eigenvalue weighted by Gasteiger charge is 2.25. The highest BCUT2D eigenvalue weighted by Crippen LogP contribution is 2.12. The maximum atomic E-state index is 11.6. The van der Waals surface area contributed by atoms with Crippen LogP contribution in [0.15, 0.2) is 30.3 Å². The van der Waals surface area contributed by atoms with E-state index in [9.17, 15) is 14.4 Å². The van der Waals surface area contributed by atoms with Crippen LogP contribution in [0.2, 0.25) is 0 Å². The van der Waals surface area contributed by atoms with Gasteiger partial charge in [-0.05, 0) is 19.1 Å². The molecular weight excluding hydrogens is 278 g/mol. The molecule has 21 heavy (non-hydrogen) atoms. The average Bonchev–Trinajstić information content (AvgIpc) is 2.44. The summed E-state index contributed by atoms with van der Waals surface area (Å²) in [7, 11) is 0. The van der Waals surface area contributed by atoms with E-state index in [2.05, 4.69) is 0 Å². The van der Waals surface area contributed by atoms with Crippen LogP contribution >= 0.6 is 0 Å². The standard InChI is InChI=1S/C14H17NO6/c1-2-19-13(17)11(8-9-12(15)16)21-14(18)20-10-6-4-3-5-7-10/h3-7,11H,2,8-9H2,1H3,(H2,15,16). The molecule has 0 aromatic heterocycles. The Hall–Kier alpha value is -2.57. The SMILES string of the molecule is CCOC(=O)C(CCC(N)=O)OC(=O)Oc1ccccc1. The predicted octanol–water partition coefficient (Wildman–Crippen LogP) is 1.40. The van der Waals surface area contributed by atoms with Crippen LogP contribution in [0.4, 0.5) is 4.79 Å². The fraction of sp³-hybridized carbons (Fsp3) is 0.357. The molecule has 0 aliphatic carbocycles. The fourth-order valence-corrected chi connectivity index (χ4v) is 1.46. The molecule has 1 unspecified atom stereocenters. The number of hydrogen-bond donors (Lipinski definition) is 1. The van der Waals surface area contributed by atoms with Gasteiger partial charge in [-0.15, -0.1) is 0 Å². The number of ether oxygens (including phenoxy) is 3. The third kappa shape index (κ3) is 6.42. The Kier molecular flexibility index (Phi) is 6.73. The van der Waals surface area contributed by atoms with Crippen LogP contribution in [0.3, 0.4) is 0 Å². The van der Waals surface area contributed by atoms with Crippen molar-refractivity contribution >= 4 is 18.0 Å². The van der Waals surface area contributed by atoms with E-state index in [0.717, 1.165) is 0 Å². The Morgan fingerprint density at radius 3 is 2.43 bits per heavy atom. The van der Waals surface area contributed by atoms with Crippen molar-refractivity contribution < 1.29 is 28.6 Å². The van der Waals surface area contributed by atoms with Crippen LogP contribution in [0.5, 0.6) is 5.75 Å². The summed E-state index contributed by atoms with van der Waals surface area (Å²) >= 11 is 0. The monoisotopic (exact) mass is 295 g/mol. The second-order valence-electron chi connectivity index (χ2n) is 4.03. The van der Waals surface area contributed by atoms with Gasteiger partial charge in [0.2, 0.25) is 12.0 Å². The zero-order valence-corrected chi connectivity index (χ0v) is 11.6. The molecule has 0 aliphatic rings. The van der Waals surface area contributed by atoms with Gasteiger partial charge in [-0.3, -0.25) is 4.79 Å². The van der Waals surface area contributed by atoms with Crippen LogP contribution < -0.4 is 10.5 Å². The first-order valence-corrected chi connectivity index (χ1v) is 6.41. The average molecular weight is 295 g/mol. The van der Waals surface area contributed by atoms with E-state index in [4.69, 9.17) is 19.9 Å². The van der Waals surface area contributed by atoms with Crippen LogP contribution in [-0.4, -0.2) is 30.7 Å². The van der Waals surface area contributed by atoms with E-state index in [-0.39, 0.29) is 25.2 Å². The highest BCUT2D eigenvalue weighted by molar-refractivity contribution is 5.79. The molecule has 1 aromatic rings. The number of primary amides is 1. The Labute approximate surface area is 122 Å². The van der Waals surface area contributed by atoms with Gasteiger partial charge in [0.25, 0.3) is 0 Å². The molecule has 0 aliphatic heterocycles. The van der Waals surface area contributed by atoms with Crippen molar-refractivity contribution in [2.24, 2.45) is 5.73 Å². The number of benzene rings is 1. The van der Waals surface area contributed by atoms with E-state index in [0.29, 0.717) is 0 Å². The summed E-state index contributed by atoms with van der Waals surface area (Å²) in [4.78, 5) is 34.0. The van der Waals surface area contributed by atoms with Gasteiger partial charge < -0.3 is 19.9 Å². The van der Waals surface area contributed by atoms with Crippen molar-refractivity contribution in [2.45, 2.75) is 25.9 Å². The molecule has 1 atom stereocenters. The molecule has 1 aromatic carbocycles.